The van der Waals surface area contributed by atoms with Crippen molar-refractivity contribution in [3.63, 3.8) is 0 Å². The van der Waals surface area contributed by atoms with Crippen LogP contribution in [0, 0.1) is 11.3 Å². The average molecular weight is 336 g/mol. The van der Waals surface area contributed by atoms with Gasteiger partial charge in [0.1, 0.15) is 17.5 Å². The lowest BCUT2D eigenvalue weighted by Crippen LogP contribution is -2.41. The number of hydrogen-bond acceptors (Lipinski definition) is 7. The minimum Gasteiger partial charge on any atom is -0.382 e. The standard InChI is InChI=1S/C14H20N6O2S/c1-4-20(5-2)11(21)8-19(3)12(22)9-23-14-17-7-10(6-15)13(16)18-14/h7H,4-5,8-9H2,1-3H3,(H2,16,17,18). The maximum Gasteiger partial charge on any atom is 0.242 e. The summed E-state index contributed by atoms with van der Waals surface area (Å²) in [6.45, 7) is 5.06. The van der Waals surface area contributed by atoms with E-state index in [1.54, 1.807) is 11.9 Å². The molecule has 0 spiro atoms. The second-order valence-corrected chi connectivity index (χ2v) is 5.61. The fourth-order valence-electron chi connectivity index (χ4n) is 1.74. The average Bonchev–Trinajstić information content (AvgIpc) is 2.53. The van der Waals surface area contributed by atoms with E-state index < -0.39 is 0 Å². The zero-order valence-corrected chi connectivity index (χ0v) is 14.3. The van der Waals surface area contributed by atoms with Crippen LogP contribution in [0.15, 0.2) is 11.4 Å². The summed E-state index contributed by atoms with van der Waals surface area (Å²) in [5.74, 6) is -0.118. The lowest BCUT2D eigenvalue weighted by molar-refractivity contribution is -0.137. The number of amides is 2. The highest BCUT2D eigenvalue weighted by atomic mass is 32.2. The summed E-state index contributed by atoms with van der Waals surface area (Å²) in [5.41, 5.74) is 5.79. The van der Waals surface area contributed by atoms with Crippen molar-refractivity contribution in [2.45, 2.75) is 19.0 Å². The SMILES string of the molecule is CCN(CC)C(=O)CN(C)C(=O)CSc1ncc(C#N)c(N)n1. The van der Waals surface area contributed by atoms with E-state index in [-0.39, 0.29) is 35.5 Å². The van der Waals surface area contributed by atoms with E-state index in [4.69, 9.17) is 11.0 Å². The number of nitrogens with two attached hydrogens (primary N) is 1. The van der Waals surface area contributed by atoms with E-state index in [9.17, 15) is 9.59 Å². The number of nitrogen functional groups attached to an aromatic ring is 1. The molecule has 2 amide bonds. The highest BCUT2D eigenvalue weighted by molar-refractivity contribution is 7.99. The Morgan fingerprint density at radius 3 is 2.52 bits per heavy atom. The molecule has 0 unspecified atom stereocenters. The van der Waals surface area contributed by atoms with Crippen LogP contribution in [0.1, 0.15) is 19.4 Å². The van der Waals surface area contributed by atoms with Crippen molar-refractivity contribution < 1.29 is 9.59 Å². The van der Waals surface area contributed by atoms with E-state index in [0.717, 1.165) is 11.8 Å². The molecule has 1 aromatic rings. The summed E-state index contributed by atoms with van der Waals surface area (Å²) in [6.07, 6.45) is 1.32. The van der Waals surface area contributed by atoms with Gasteiger partial charge in [-0.1, -0.05) is 11.8 Å². The molecule has 0 aliphatic rings. The van der Waals surface area contributed by atoms with Gasteiger partial charge in [-0.05, 0) is 13.8 Å². The Bertz CT molecular complexity index is 612. The summed E-state index contributed by atoms with van der Waals surface area (Å²) in [7, 11) is 1.58. The van der Waals surface area contributed by atoms with Crippen molar-refractivity contribution >= 4 is 29.4 Å². The van der Waals surface area contributed by atoms with Crippen molar-refractivity contribution in [2.75, 3.05) is 38.2 Å². The van der Waals surface area contributed by atoms with Gasteiger partial charge < -0.3 is 15.5 Å². The molecule has 124 valence electrons. The van der Waals surface area contributed by atoms with Crippen molar-refractivity contribution in [2.24, 2.45) is 0 Å². The predicted octanol–water partition coefficient (Wildman–Crippen LogP) is 0.349. The Morgan fingerprint density at radius 2 is 2.00 bits per heavy atom. The van der Waals surface area contributed by atoms with Crippen LogP contribution < -0.4 is 5.73 Å². The fourth-order valence-corrected chi connectivity index (χ4v) is 2.50. The number of carbonyl (C=O) groups excluding carboxylic acids is 2. The van der Waals surface area contributed by atoms with Gasteiger partial charge in [0, 0.05) is 20.1 Å². The predicted molar refractivity (Wildman–Crippen MR) is 87.4 cm³/mol. The number of nitriles is 1. The van der Waals surface area contributed by atoms with Gasteiger partial charge in [-0.15, -0.1) is 0 Å². The van der Waals surface area contributed by atoms with Gasteiger partial charge in [-0.3, -0.25) is 9.59 Å². The smallest absolute Gasteiger partial charge is 0.242 e. The number of nitrogens with zero attached hydrogens (tertiary/aromatic N) is 5. The molecule has 1 rings (SSSR count). The molecule has 2 N–H and O–H groups in total. The maximum absolute atomic E-state index is 12.1. The third-order valence-electron chi connectivity index (χ3n) is 3.16. The van der Waals surface area contributed by atoms with E-state index in [0.29, 0.717) is 18.2 Å². The minimum atomic E-state index is -0.206. The van der Waals surface area contributed by atoms with Crippen LogP contribution in [-0.4, -0.2) is 64.0 Å². The van der Waals surface area contributed by atoms with Gasteiger partial charge in [-0.25, -0.2) is 9.97 Å². The van der Waals surface area contributed by atoms with Crippen LogP contribution >= 0.6 is 11.8 Å². The van der Waals surface area contributed by atoms with E-state index >= 15 is 0 Å². The number of aromatic nitrogens is 2. The van der Waals surface area contributed by atoms with Crippen LogP contribution in [0.4, 0.5) is 5.82 Å². The Hall–Kier alpha value is -2.34. The molecule has 0 aliphatic heterocycles. The Labute approximate surface area is 139 Å². The van der Waals surface area contributed by atoms with E-state index in [1.807, 2.05) is 19.9 Å². The summed E-state index contributed by atoms with van der Waals surface area (Å²) in [4.78, 5) is 35.0. The quantitative estimate of drug-likeness (QED) is 0.564. The first kappa shape index (κ1) is 18.7. The molecule has 1 heterocycles. The highest BCUT2D eigenvalue weighted by Gasteiger charge is 2.17. The first-order chi connectivity index (χ1) is 10.9. The normalized spacial score (nSPS) is 10.0. The van der Waals surface area contributed by atoms with Gasteiger partial charge >= 0.3 is 0 Å². The van der Waals surface area contributed by atoms with Crippen molar-refractivity contribution in [3.05, 3.63) is 11.8 Å². The molecule has 0 aliphatic carbocycles. The molecule has 0 radical (unpaired) electrons. The Balaban J connectivity index is 2.54. The third kappa shape index (κ3) is 5.41. The van der Waals surface area contributed by atoms with E-state index in [1.165, 1.54) is 11.1 Å². The van der Waals surface area contributed by atoms with Crippen LogP contribution in [0.5, 0.6) is 0 Å². The Morgan fingerprint density at radius 1 is 1.35 bits per heavy atom. The molecular weight excluding hydrogens is 316 g/mol. The largest absolute Gasteiger partial charge is 0.382 e. The van der Waals surface area contributed by atoms with Crippen molar-refractivity contribution in [1.29, 1.82) is 5.26 Å². The fraction of sp³-hybridized carbons (Fsp3) is 0.500. The van der Waals surface area contributed by atoms with Gasteiger partial charge in [0.25, 0.3) is 0 Å². The summed E-state index contributed by atoms with van der Waals surface area (Å²) >= 11 is 1.11. The second-order valence-electron chi connectivity index (χ2n) is 4.67. The van der Waals surface area contributed by atoms with Crippen LogP contribution in [0.25, 0.3) is 0 Å². The van der Waals surface area contributed by atoms with Gasteiger partial charge in [0.15, 0.2) is 5.16 Å². The van der Waals surface area contributed by atoms with Crippen LogP contribution in [0.2, 0.25) is 0 Å². The zero-order valence-electron chi connectivity index (χ0n) is 13.4. The Kier molecular flexibility index (Phi) is 7.28. The molecule has 0 bridgehead atoms. The molecule has 9 heteroatoms. The summed E-state index contributed by atoms with van der Waals surface area (Å²) in [5, 5.41) is 9.07. The highest BCUT2D eigenvalue weighted by Crippen LogP contribution is 2.16. The molecule has 0 atom stereocenters. The lowest BCUT2D eigenvalue weighted by Gasteiger charge is -2.23. The van der Waals surface area contributed by atoms with Crippen molar-refractivity contribution in [3.8, 4) is 6.07 Å². The topological polar surface area (TPSA) is 116 Å². The third-order valence-corrected chi connectivity index (χ3v) is 4.00. The van der Waals surface area contributed by atoms with Crippen LogP contribution in [-0.2, 0) is 9.59 Å². The molecular formula is C14H20N6O2S. The molecule has 1 aromatic heterocycles. The van der Waals surface area contributed by atoms with Crippen molar-refractivity contribution in [1.82, 2.24) is 19.8 Å². The van der Waals surface area contributed by atoms with Gasteiger partial charge in [0.2, 0.25) is 11.8 Å². The molecule has 0 saturated carbocycles. The summed E-state index contributed by atoms with van der Waals surface area (Å²) in [6, 6.07) is 1.87. The number of thioether (sulfide) groups is 1. The molecule has 23 heavy (non-hydrogen) atoms. The zero-order chi connectivity index (χ0) is 17.4. The molecule has 0 fully saturated rings. The second kappa shape index (κ2) is 8.95. The monoisotopic (exact) mass is 336 g/mol. The summed E-state index contributed by atoms with van der Waals surface area (Å²) < 4.78 is 0. The number of anilines is 1. The van der Waals surface area contributed by atoms with Gasteiger partial charge in [0.05, 0.1) is 18.5 Å². The first-order valence-corrected chi connectivity index (χ1v) is 8.08. The number of hydrogen-bond donors (Lipinski definition) is 1. The molecule has 0 aromatic carbocycles. The molecule has 8 nitrogen and oxygen atoms in total. The first-order valence-electron chi connectivity index (χ1n) is 7.10. The lowest BCUT2D eigenvalue weighted by atomic mass is 10.3. The van der Waals surface area contributed by atoms with Crippen LogP contribution in [0.3, 0.4) is 0 Å². The van der Waals surface area contributed by atoms with Gasteiger partial charge in [-0.2, -0.15) is 5.26 Å². The number of carbonyl (C=O) groups is 2. The minimum absolute atomic E-state index is 0.0391. The molecule has 0 saturated heterocycles. The maximum atomic E-state index is 12.1. The number of rotatable bonds is 7. The number of likely N-dealkylation sites (N-methyl/N-ethyl adjacent to an activating group) is 2. The van der Waals surface area contributed by atoms with E-state index in [2.05, 4.69) is 9.97 Å².